The van der Waals surface area contributed by atoms with Gasteiger partial charge in [-0.2, -0.15) is 10.5 Å². The average molecular weight is 861 g/mol. The highest BCUT2D eigenvalue weighted by atomic mass is 35.5. The third-order valence-electron chi connectivity index (χ3n) is 8.03. The van der Waals surface area contributed by atoms with Crippen LogP contribution in [0.5, 0.6) is 11.5 Å². The van der Waals surface area contributed by atoms with Crippen LogP contribution in [0.3, 0.4) is 0 Å². The molecule has 6 aromatic rings. The van der Waals surface area contributed by atoms with Gasteiger partial charge in [-0.05, 0) is 42.8 Å². The maximum Gasteiger partial charge on any atom is 0.189 e. The first-order chi connectivity index (χ1) is 25.8. The van der Waals surface area contributed by atoms with E-state index in [1.807, 2.05) is 17.1 Å². The van der Waals surface area contributed by atoms with Crippen molar-refractivity contribution >= 4 is 100 Å². The van der Waals surface area contributed by atoms with Crippen molar-refractivity contribution in [1.82, 2.24) is 29.5 Å². The number of rotatable bonds is 11. The van der Waals surface area contributed by atoms with Crippen LogP contribution in [0, 0.1) is 22.7 Å². The second-order valence-corrected chi connectivity index (χ2v) is 21.6. The first-order valence-electron chi connectivity index (χ1n) is 16.1. The lowest BCUT2D eigenvalue weighted by molar-refractivity contribution is 0.0898. The van der Waals surface area contributed by atoms with Gasteiger partial charge in [0.2, 0.25) is 0 Å². The Balaban J connectivity index is 0.000000217. The number of H-pyrrole nitrogens is 1. The quantitative estimate of drug-likeness (QED) is 0.0574. The number of hydrogen-bond donors (Lipinski definition) is 1. The van der Waals surface area contributed by atoms with Gasteiger partial charge in [-0.15, -0.1) is 0 Å². The van der Waals surface area contributed by atoms with Crippen molar-refractivity contribution < 1.29 is 14.2 Å². The fourth-order valence-corrected chi connectivity index (χ4v) is 7.88. The Morgan fingerprint density at radius 2 is 1.30 bits per heavy atom. The van der Waals surface area contributed by atoms with Gasteiger partial charge < -0.3 is 23.8 Å². The second-order valence-electron chi connectivity index (χ2n) is 12.8. The van der Waals surface area contributed by atoms with E-state index in [1.165, 1.54) is 37.7 Å². The Labute approximate surface area is 342 Å². The molecular formula is C36H34Cl4N8O3S2Si. The first kappa shape index (κ1) is 41.5. The molecule has 0 amide bonds. The highest BCUT2D eigenvalue weighted by molar-refractivity contribution is 7.98. The SMILES string of the molecule is COc1cc(-c2nc(SC)nc3[nH]cc(C#N)c23)c(Cl)cc1Cl.COc1cc(-c2nc(SC)nc3c2c(C#N)cn3COCC[Si](C)(C)C)c(Cl)cc1Cl. The van der Waals surface area contributed by atoms with Crippen LogP contribution in [0.1, 0.15) is 11.1 Å². The number of halogens is 4. The molecule has 11 nitrogen and oxygen atoms in total. The number of aromatic nitrogens is 6. The molecule has 0 fully saturated rings. The molecular weight excluding hydrogens is 826 g/mol. The molecule has 0 aliphatic heterocycles. The topological polar surface area (TPSA) is 148 Å². The number of benzene rings is 2. The van der Waals surface area contributed by atoms with Gasteiger partial charge in [0, 0.05) is 38.2 Å². The van der Waals surface area contributed by atoms with E-state index in [0.29, 0.717) is 111 Å². The molecule has 4 heterocycles. The number of methoxy groups -OCH3 is 2. The lowest BCUT2D eigenvalue weighted by atomic mass is 10.1. The summed E-state index contributed by atoms with van der Waals surface area (Å²) in [6.07, 6.45) is 7.14. The largest absolute Gasteiger partial charge is 0.495 e. The summed E-state index contributed by atoms with van der Waals surface area (Å²) in [5.74, 6) is 0.962. The number of nitrogens with zero attached hydrogens (tertiary/aromatic N) is 7. The van der Waals surface area contributed by atoms with Gasteiger partial charge in [0.05, 0.1) is 67.6 Å². The monoisotopic (exact) mass is 858 g/mol. The summed E-state index contributed by atoms with van der Waals surface area (Å²) in [5.41, 5.74) is 4.50. The van der Waals surface area contributed by atoms with Crippen molar-refractivity contribution in [2.75, 3.05) is 33.3 Å². The van der Waals surface area contributed by atoms with Crippen molar-refractivity contribution in [2.24, 2.45) is 0 Å². The molecule has 0 radical (unpaired) electrons. The molecule has 0 saturated heterocycles. The summed E-state index contributed by atoms with van der Waals surface area (Å²) in [6, 6.07) is 12.1. The molecule has 6 rings (SSSR count). The lowest BCUT2D eigenvalue weighted by Crippen LogP contribution is -2.22. The third-order valence-corrected chi connectivity index (χ3v) is 12.0. The van der Waals surface area contributed by atoms with Gasteiger partial charge in [0.15, 0.2) is 10.3 Å². The maximum atomic E-state index is 9.80. The fourth-order valence-electron chi connectivity index (χ4n) is 5.30. The van der Waals surface area contributed by atoms with E-state index in [1.54, 1.807) is 36.7 Å². The second kappa shape index (κ2) is 17.8. The summed E-state index contributed by atoms with van der Waals surface area (Å²) in [4.78, 5) is 21.2. The highest BCUT2D eigenvalue weighted by Gasteiger charge is 2.22. The molecule has 0 aliphatic rings. The molecule has 4 aromatic heterocycles. The number of nitrogens with one attached hydrogen (secondary N) is 1. The van der Waals surface area contributed by atoms with Crippen molar-refractivity contribution in [1.29, 1.82) is 10.5 Å². The summed E-state index contributed by atoms with van der Waals surface area (Å²) in [6.45, 7) is 7.91. The molecule has 54 heavy (non-hydrogen) atoms. The lowest BCUT2D eigenvalue weighted by Gasteiger charge is -2.16. The Morgan fingerprint density at radius 3 is 1.80 bits per heavy atom. The summed E-state index contributed by atoms with van der Waals surface area (Å²) in [5, 5.41) is 23.2. The van der Waals surface area contributed by atoms with Crippen LogP contribution >= 0.6 is 69.9 Å². The Morgan fingerprint density at radius 1 is 0.759 bits per heavy atom. The average Bonchev–Trinajstić information content (AvgIpc) is 3.73. The minimum absolute atomic E-state index is 0.310. The van der Waals surface area contributed by atoms with Crippen LogP contribution in [0.15, 0.2) is 47.0 Å². The van der Waals surface area contributed by atoms with Gasteiger partial charge in [0.1, 0.15) is 41.7 Å². The zero-order valence-corrected chi connectivity index (χ0v) is 35.9. The van der Waals surface area contributed by atoms with Crippen molar-refractivity contribution in [2.45, 2.75) is 42.7 Å². The summed E-state index contributed by atoms with van der Waals surface area (Å²) < 4.78 is 18.4. The Bertz CT molecular complexity index is 2440. The van der Waals surface area contributed by atoms with Crippen LogP contribution in [0.4, 0.5) is 0 Å². The Kier molecular flexibility index (Phi) is 13.7. The van der Waals surface area contributed by atoms with E-state index in [0.717, 1.165) is 6.04 Å². The third kappa shape index (κ3) is 9.04. The van der Waals surface area contributed by atoms with Gasteiger partial charge in [0.25, 0.3) is 0 Å². The van der Waals surface area contributed by atoms with Gasteiger partial charge in [-0.1, -0.05) is 89.6 Å². The number of thioether (sulfide) groups is 2. The number of aromatic amines is 1. The van der Waals surface area contributed by atoms with Crippen molar-refractivity contribution in [3.05, 3.63) is 67.9 Å². The standard InChI is InChI=1S/C21H24Cl2N4O2SSi.C15H10Cl2N4OS/c1-28-17-8-14(15(22)9-16(17)23)19-18-13(10-24)11-27(12-29-6-7-31(3,4)5)20(18)26-21(25-19)30-2;1-22-11-3-8(9(16)4-10(11)17)13-12-7(5-18)6-19-14(12)21-15(20-13)23-2/h8-9,11H,6-7,12H2,1-5H3;3-4,6H,1-2H3,(H,19,20,21). The van der Waals surface area contributed by atoms with E-state index >= 15 is 0 Å². The number of ether oxygens (including phenoxy) is 3. The number of nitriles is 2. The minimum Gasteiger partial charge on any atom is -0.495 e. The van der Waals surface area contributed by atoms with Crippen LogP contribution in [0.25, 0.3) is 44.6 Å². The molecule has 0 bridgehead atoms. The normalized spacial score (nSPS) is 11.3. The zero-order valence-electron chi connectivity index (χ0n) is 30.3. The fraction of sp³-hybridized carbons (Fsp3) is 0.278. The minimum atomic E-state index is -1.19. The van der Waals surface area contributed by atoms with Gasteiger partial charge in [-0.3, -0.25) is 0 Å². The van der Waals surface area contributed by atoms with E-state index in [4.69, 9.17) is 60.6 Å². The predicted molar refractivity (Wildman–Crippen MR) is 223 cm³/mol. The first-order valence-corrected chi connectivity index (χ1v) is 23.8. The van der Waals surface area contributed by atoms with Crippen LogP contribution in [-0.2, 0) is 11.5 Å². The smallest absolute Gasteiger partial charge is 0.189 e. The highest BCUT2D eigenvalue weighted by Crippen LogP contribution is 2.41. The van der Waals surface area contributed by atoms with Gasteiger partial charge >= 0.3 is 0 Å². The number of hydrogen-bond acceptors (Lipinski definition) is 11. The van der Waals surface area contributed by atoms with Crippen LogP contribution in [0.2, 0.25) is 45.8 Å². The Hall–Kier alpha value is -3.70. The molecule has 0 atom stereocenters. The van der Waals surface area contributed by atoms with Crippen molar-refractivity contribution in [3.8, 4) is 46.2 Å². The summed E-state index contributed by atoms with van der Waals surface area (Å²) in [7, 11) is 1.87. The van der Waals surface area contributed by atoms with E-state index in [2.05, 4.69) is 56.7 Å². The van der Waals surface area contributed by atoms with Gasteiger partial charge in [-0.25, -0.2) is 19.9 Å². The van der Waals surface area contributed by atoms with E-state index in [9.17, 15) is 10.5 Å². The van der Waals surface area contributed by atoms with Crippen molar-refractivity contribution in [3.63, 3.8) is 0 Å². The molecule has 2 aromatic carbocycles. The van der Waals surface area contributed by atoms with E-state index in [-0.39, 0.29) is 0 Å². The molecule has 18 heteroatoms. The molecule has 280 valence electrons. The summed E-state index contributed by atoms with van der Waals surface area (Å²) >= 11 is 28.0. The number of fused-ring (bicyclic) bond motifs is 2. The molecule has 1 N–H and O–H groups in total. The maximum absolute atomic E-state index is 9.80. The van der Waals surface area contributed by atoms with Crippen LogP contribution < -0.4 is 9.47 Å². The zero-order chi connectivity index (χ0) is 39.3. The van der Waals surface area contributed by atoms with E-state index < -0.39 is 8.07 Å². The predicted octanol–water partition coefficient (Wildman–Crippen LogP) is 10.9. The molecule has 0 unspecified atom stereocenters. The van der Waals surface area contributed by atoms with Crippen LogP contribution in [-0.4, -0.2) is 70.9 Å². The molecule has 0 saturated carbocycles. The molecule has 0 aliphatic carbocycles. The molecule has 0 spiro atoms.